The van der Waals surface area contributed by atoms with Crippen molar-refractivity contribution in [2.75, 3.05) is 17.2 Å². The second-order valence-corrected chi connectivity index (χ2v) is 10.3. The van der Waals surface area contributed by atoms with Gasteiger partial charge in [-0.05, 0) is 55.8 Å². The molecule has 2 aromatic carbocycles. The van der Waals surface area contributed by atoms with Gasteiger partial charge in [-0.3, -0.25) is 4.98 Å². The van der Waals surface area contributed by atoms with Gasteiger partial charge in [0, 0.05) is 52.1 Å². The van der Waals surface area contributed by atoms with Crippen LogP contribution in [0.3, 0.4) is 0 Å². The molecule has 184 valence electrons. The van der Waals surface area contributed by atoms with Crippen molar-refractivity contribution in [3.63, 3.8) is 0 Å². The van der Waals surface area contributed by atoms with Gasteiger partial charge < -0.3 is 10.6 Å². The van der Waals surface area contributed by atoms with E-state index in [9.17, 15) is 4.39 Å². The Bertz CT molecular complexity index is 1660. The van der Waals surface area contributed by atoms with Crippen LogP contribution < -0.4 is 10.6 Å². The van der Waals surface area contributed by atoms with Crippen molar-refractivity contribution in [3.05, 3.63) is 89.5 Å². The highest BCUT2D eigenvalue weighted by atomic mass is 19.1. The molecule has 3 aromatic heterocycles. The highest BCUT2D eigenvalue weighted by Crippen LogP contribution is 2.49. The SMILES string of the molecule is Cc1cc(-c2ccc3c(c2)N(c2c(C)c(-c4ccccn4)nc4cc(F)ccc24)CC3(C)C)nc(N)n1. The smallest absolute Gasteiger partial charge is 0.220 e. The molecular weight excluding hydrogens is 463 g/mol. The maximum absolute atomic E-state index is 14.4. The Labute approximate surface area is 215 Å². The van der Waals surface area contributed by atoms with Crippen molar-refractivity contribution in [2.45, 2.75) is 33.1 Å². The number of hydrogen-bond donors (Lipinski definition) is 1. The second-order valence-electron chi connectivity index (χ2n) is 10.3. The molecule has 37 heavy (non-hydrogen) atoms. The zero-order chi connectivity index (χ0) is 25.9. The molecule has 6 nitrogen and oxygen atoms in total. The summed E-state index contributed by atoms with van der Waals surface area (Å²) >= 11 is 0. The maximum atomic E-state index is 14.4. The summed E-state index contributed by atoms with van der Waals surface area (Å²) in [6.45, 7) is 9.23. The number of anilines is 3. The number of hydrogen-bond acceptors (Lipinski definition) is 6. The second kappa shape index (κ2) is 8.34. The highest BCUT2D eigenvalue weighted by Gasteiger charge is 2.37. The first kappa shape index (κ1) is 23.0. The average molecular weight is 491 g/mol. The van der Waals surface area contributed by atoms with Crippen molar-refractivity contribution in [1.82, 2.24) is 19.9 Å². The molecule has 5 aromatic rings. The van der Waals surface area contributed by atoms with Crippen molar-refractivity contribution < 1.29 is 4.39 Å². The first-order valence-electron chi connectivity index (χ1n) is 12.3. The molecule has 0 saturated heterocycles. The van der Waals surface area contributed by atoms with Gasteiger partial charge in [0.2, 0.25) is 5.95 Å². The van der Waals surface area contributed by atoms with E-state index < -0.39 is 0 Å². The lowest BCUT2D eigenvalue weighted by Gasteiger charge is -2.27. The highest BCUT2D eigenvalue weighted by molar-refractivity contribution is 5.99. The number of halogens is 1. The van der Waals surface area contributed by atoms with Crippen LogP contribution in [0.25, 0.3) is 33.5 Å². The quantitative estimate of drug-likeness (QED) is 0.310. The number of aromatic nitrogens is 4. The Morgan fingerprint density at radius 2 is 1.76 bits per heavy atom. The number of rotatable bonds is 3. The van der Waals surface area contributed by atoms with E-state index in [-0.39, 0.29) is 17.2 Å². The third-order valence-corrected chi connectivity index (χ3v) is 7.07. The van der Waals surface area contributed by atoms with E-state index in [1.54, 1.807) is 6.20 Å². The predicted octanol–water partition coefficient (Wildman–Crippen LogP) is 6.52. The number of benzene rings is 2. The van der Waals surface area contributed by atoms with Gasteiger partial charge in [0.25, 0.3) is 0 Å². The van der Waals surface area contributed by atoms with Gasteiger partial charge in [-0.2, -0.15) is 0 Å². The van der Waals surface area contributed by atoms with E-state index >= 15 is 0 Å². The summed E-state index contributed by atoms with van der Waals surface area (Å²) in [4.78, 5) is 20.4. The molecule has 1 aliphatic rings. The summed E-state index contributed by atoms with van der Waals surface area (Å²) in [5.74, 6) is -0.0615. The molecule has 6 rings (SSSR count). The van der Waals surface area contributed by atoms with E-state index in [0.29, 0.717) is 5.52 Å². The zero-order valence-electron chi connectivity index (χ0n) is 21.2. The van der Waals surface area contributed by atoms with E-state index in [2.05, 4.69) is 58.8 Å². The fraction of sp³-hybridized carbons (Fsp3) is 0.200. The minimum Gasteiger partial charge on any atom is -0.368 e. The lowest BCUT2D eigenvalue weighted by Crippen LogP contribution is -2.25. The van der Waals surface area contributed by atoms with Crippen LogP contribution in [0.5, 0.6) is 0 Å². The van der Waals surface area contributed by atoms with Crippen molar-refractivity contribution in [1.29, 1.82) is 0 Å². The van der Waals surface area contributed by atoms with Gasteiger partial charge in [0.05, 0.1) is 28.3 Å². The minimum absolute atomic E-state index is 0.109. The Balaban J connectivity index is 1.61. The number of nitrogens with two attached hydrogens (primary N) is 1. The fourth-order valence-electron chi connectivity index (χ4n) is 5.41. The minimum atomic E-state index is -0.317. The molecule has 0 unspecified atom stereocenters. The third-order valence-electron chi connectivity index (χ3n) is 7.07. The molecule has 7 heteroatoms. The van der Waals surface area contributed by atoms with Gasteiger partial charge in [-0.25, -0.2) is 19.3 Å². The van der Waals surface area contributed by atoms with Crippen LogP contribution in [0.1, 0.15) is 30.7 Å². The molecule has 0 fully saturated rings. The van der Waals surface area contributed by atoms with Crippen LogP contribution in [-0.4, -0.2) is 26.5 Å². The van der Waals surface area contributed by atoms with E-state index in [1.165, 1.54) is 17.7 Å². The van der Waals surface area contributed by atoms with Crippen LogP contribution in [-0.2, 0) is 5.41 Å². The topological polar surface area (TPSA) is 80.8 Å². The van der Waals surface area contributed by atoms with Crippen LogP contribution >= 0.6 is 0 Å². The number of aryl methyl sites for hydroxylation is 1. The molecule has 4 heterocycles. The summed E-state index contributed by atoms with van der Waals surface area (Å²) in [5.41, 5.74) is 14.8. The van der Waals surface area contributed by atoms with Crippen LogP contribution in [0.2, 0.25) is 0 Å². The predicted molar refractivity (Wildman–Crippen MR) is 146 cm³/mol. The van der Waals surface area contributed by atoms with Gasteiger partial charge in [0.15, 0.2) is 0 Å². The number of fused-ring (bicyclic) bond motifs is 2. The standard InChI is InChI=1S/C30H27FN6/c1-17-13-24(36-29(32)34-17)19-8-11-22-26(14-19)37(16-30(22,3)4)28-18(2)27(23-7-5-6-12-33-23)35-25-15-20(31)9-10-21(25)28/h5-15H,16H2,1-4H3,(H2,32,34,36). The summed E-state index contributed by atoms with van der Waals surface area (Å²) in [6, 6.07) is 19.0. The monoisotopic (exact) mass is 490 g/mol. The van der Waals surface area contributed by atoms with Gasteiger partial charge in [0.1, 0.15) is 5.82 Å². The first-order chi connectivity index (χ1) is 17.7. The van der Waals surface area contributed by atoms with Crippen molar-refractivity contribution in [2.24, 2.45) is 0 Å². The van der Waals surface area contributed by atoms with Crippen LogP contribution in [0.15, 0.2) is 66.9 Å². The normalized spacial score (nSPS) is 14.2. The Morgan fingerprint density at radius 1 is 0.919 bits per heavy atom. The third kappa shape index (κ3) is 3.87. The molecule has 0 spiro atoms. The van der Waals surface area contributed by atoms with E-state index in [4.69, 9.17) is 10.7 Å². The lowest BCUT2D eigenvalue weighted by molar-refractivity contribution is 0.569. The molecule has 0 aliphatic carbocycles. The van der Waals surface area contributed by atoms with Crippen molar-refractivity contribution >= 4 is 28.2 Å². The first-order valence-corrected chi connectivity index (χ1v) is 12.3. The Hall–Kier alpha value is -4.39. The fourth-order valence-corrected chi connectivity index (χ4v) is 5.41. The van der Waals surface area contributed by atoms with Gasteiger partial charge in [-0.1, -0.05) is 32.0 Å². The molecule has 0 radical (unpaired) electrons. The number of pyridine rings is 2. The van der Waals surface area contributed by atoms with Crippen molar-refractivity contribution in [3.8, 4) is 22.6 Å². The molecule has 0 bridgehead atoms. The van der Waals surface area contributed by atoms with Crippen LogP contribution in [0.4, 0.5) is 21.7 Å². The summed E-state index contributed by atoms with van der Waals surface area (Å²) in [5, 5.41) is 0.898. The summed E-state index contributed by atoms with van der Waals surface area (Å²) in [6.07, 6.45) is 1.75. The summed E-state index contributed by atoms with van der Waals surface area (Å²) < 4.78 is 14.4. The largest absolute Gasteiger partial charge is 0.368 e. The number of nitrogens with zero attached hydrogens (tertiary/aromatic N) is 5. The van der Waals surface area contributed by atoms with E-state index in [1.807, 2.05) is 37.3 Å². The average Bonchev–Trinajstić information content (AvgIpc) is 3.13. The molecule has 1 aliphatic heterocycles. The molecule has 0 atom stereocenters. The lowest BCUT2D eigenvalue weighted by atomic mass is 9.86. The Morgan fingerprint density at radius 3 is 2.51 bits per heavy atom. The van der Waals surface area contributed by atoms with Gasteiger partial charge in [-0.15, -0.1) is 0 Å². The van der Waals surface area contributed by atoms with E-state index in [0.717, 1.165) is 57.2 Å². The maximum Gasteiger partial charge on any atom is 0.220 e. The van der Waals surface area contributed by atoms with Gasteiger partial charge >= 0.3 is 0 Å². The summed E-state index contributed by atoms with van der Waals surface area (Å²) in [7, 11) is 0. The number of nitrogen functional groups attached to an aromatic ring is 1. The molecule has 0 saturated carbocycles. The molecular formula is C30H27FN6. The zero-order valence-corrected chi connectivity index (χ0v) is 21.2. The molecule has 2 N–H and O–H groups in total. The molecule has 0 amide bonds. The van der Waals surface area contributed by atoms with Crippen LogP contribution in [0, 0.1) is 19.7 Å². The Kier molecular flexibility index (Phi) is 5.19.